The van der Waals surface area contributed by atoms with Crippen LogP contribution in [0.2, 0.25) is 0 Å². The van der Waals surface area contributed by atoms with E-state index in [-0.39, 0.29) is 29.7 Å². The summed E-state index contributed by atoms with van der Waals surface area (Å²) in [6.07, 6.45) is 0. The summed E-state index contributed by atoms with van der Waals surface area (Å²) in [5.41, 5.74) is 3.86. The van der Waals surface area contributed by atoms with Crippen molar-refractivity contribution in [1.29, 1.82) is 0 Å². The summed E-state index contributed by atoms with van der Waals surface area (Å²) in [5.74, 6) is -0.293. The maximum atomic E-state index is 12.2. The van der Waals surface area contributed by atoms with Crippen LogP contribution in [0.1, 0.15) is 37.5 Å². The predicted molar refractivity (Wildman–Crippen MR) is 116 cm³/mol. The lowest BCUT2D eigenvalue weighted by molar-refractivity contribution is -0.122. The second kappa shape index (κ2) is 9.38. The minimum Gasteiger partial charge on any atom is -0.355 e. The second-order valence-electron chi connectivity index (χ2n) is 7.64. The average Bonchev–Trinajstić information content (AvgIpc) is 2.99. The highest BCUT2D eigenvalue weighted by atomic mass is 32.2. The van der Waals surface area contributed by atoms with E-state index < -0.39 is 0 Å². The number of hydrogen-bond donors (Lipinski definition) is 3. The van der Waals surface area contributed by atoms with Crippen molar-refractivity contribution in [3.63, 3.8) is 0 Å². The average molecular weight is 422 g/mol. The zero-order chi connectivity index (χ0) is 20.9. The molecule has 2 rings (SSSR count). The quantitative estimate of drug-likeness (QED) is 0.592. The molecule has 0 aliphatic carbocycles. The molecule has 1 aromatic heterocycles. The molecule has 0 aliphatic rings. The number of thioether (sulfide) groups is 1. The lowest BCUT2D eigenvalue weighted by Crippen LogP contribution is -2.34. The third kappa shape index (κ3) is 7.12. The summed E-state index contributed by atoms with van der Waals surface area (Å²) in [6.45, 7) is 12.0. The number of carbonyl (C=O) groups is 2. The fourth-order valence-electron chi connectivity index (χ4n) is 2.56. The highest BCUT2D eigenvalue weighted by molar-refractivity contribution is 8.01. The highest BCUT2D eigenvalue weighted by Crippen LogP contribution is 2.27. The van der Waals surface area contributed by atoms with Gasteiger partial charge in [0.2, 0.25) is 16.9 Å². The standard InChI is InChI=1S/C19H27N5O2S2/c1-11-7-12(2)16(13(3)8-11)21-14(25)9-20-15(26)10-27-18-24-23-17(28-18)22-19(4,5)6/h7-8H,9-10H2,1-6H3,(H,20,26)(H,21,25)(H,22,23). The van der Waals surface area contributed by atoms with Gasteiger partial charge in [-0.3, -0.25) is 9.59 Å². The van der Waals surface area contributed by atoms with E-state index in [0.717, 1.165) is 27.5 Å². The molecule has 0 fully saturated rings. The van der Waals surface area contributed by atoms with Crippen LogP contribution in [0.3, 0.4) is 0 Å². The summed E-state index contributed by atoms with van der Waals surface area (Å²) in [6, 6.07) is 4.03. The van der Waals surface area contributed by atoms with Crippen LogP contribution in [0.4, 0.5) is 10.8 Å². The Bertz CT molecular complexity index is 835. The van der Waals surface area contributed by atoms with Gasteiger partial charge in [-0.25, -0.2) is 0 Å². The Balaban J connectivity index is 1.77. The van der Waals surface area contributed by atoms with E-state index >= 15 is 0 Å². The Morgan fingerprint density at radius 2 is 1.71 bits per heavy atom. The Labute approximate surface area is 174 Å². The van der Waals surface area contributed by atoms with Gasteiger partial charge in [0.25, 0.3) is 0 Å². The predicted octanol–water partition coefficient (Wildman–Crippen LogP) is 3.52. The maximum absolute atomic E-state index is 12.2. The largest absolute Gasteiger partial charge is 0.355 e. The highest BCUT2D eigenvalue weighted by Gasteiger charge is 2.14. The van der Waals surface area contributed by atoms with Crippen LogP contribution in [0.15, 0.2) is 16.5 Å². The summed E-state index contributed by atoms with van der Waals surface area (Å²) < 4.78 is 0.706. The molecule has 0 atom stereocenters. The van der Waals surface area contributed by atoms with Crippen LogP contribution in [-0.2, 0) is 9.59 Å². The molecule has 0 spiro atoms. The number of rotatable bonds is 7. The number of carbonyl (C=O) groups excluding carboxylic acids is 2. The van der Waals surface area contributed by atoms with E-state index in [2.05, 4.69) is 26.1 Å². The number of aryl methyl sites for hydroxylation is 3. The first-order chi connectivity index (χ1) is 13.0. The molecule has 28 heavy (non-hydrogen) atoms. The lowest BCUT2D eigenvalue weighted by Gasteiger charge is -2.18. The zero-order valence-electron chi connectivity index (χ0n) is 17.1. The van der Waals surface area contributed by atoms with Crippen LogP contribution in [0, 0.1) is 20.8 Å². The lowest BCUT2D eigenvalue weighted by atomic mass is 10.1. The van der Waals surface area contributed by atoms with Crippen LogP contribution in [-0.4, -0.2) is 39.8 Å². The number of hydrogen-bond acceptors (Lipinski definition) is 7. The fraction of sp³-hybridized carbons (Fsp3) is 0.474. The minimum atomic E-state index is -0.249. The van der Waals surface area contributed by atoms with Gasteiger partial charge in [-0.15, -0.1) is 10.2 Å². The summed E-state index contributed by atoms with van der Waals surface area (Å²) in [7, 11) is 0. The molecular formula is C19H27N5O2S2. The molecule has 2 amide bonds. The fourth-order valence-corrected chi connectivity index (χ4v) is 4.35. The first-order valence-electron chi connectivity index (χ1n) is 8.92. The zero-order valence-corrected chi connectivity index (χ0v) is 18.7. The number of nitrogens with one attached hydrogen (secondary N) is 3. The summed E-state index contributed by atoms with van der Waals surface area (Å²) >= 11 is 2.70. The topological polar surface area (TPSA) is 96.0 Å². The monoisotopic (exact) mass is 421 g/mol. The number of benzene rings is 1. The molecule has 0 saturated heterocycles. The molecule has 7 nitrogen and oxygen atoms in total. The molecule has 2 aromatic rings. The van der Waals surface area contributed by atoms with E-state index in [9.17, 15) is 9.59 Å². The molecule has 1 heterocycles. The van der Waals surface area contributed by atoms with Crippen molar-refractivity contribution in [3.8, 4) is 0 Å². The van der Waals surface area contributed by atoms with E-state index in [1.165, 1.54) is 23.1 Å². The van der Waals surface area contributed by atoms with Crippen molar-refractivity contribution < 1.29 is 9.59 Å². The number of aromatic nitrogens is 2. The van der Waals surface area contributed by atoms with Crippen molar-refractivity contribution in [2.75, 3.05) is 22.9 Å². The van der Waals surface area contributed by atoms with Gasteiger partial charge in [-0.05, 0) is 52.7 Å². The van der Waals surface area contributed by atoms with Crippen molar-refractivity contribution in [2.24, 2.45) is 0 Å². The van der Waals surface area contributed by atoms with Gasteiger partial charge in [-0.1, -0.05) is 40.8 Å². The van der Waals surface area contributed by atoms with Crippen molar-refractivity contribution in [1.82, 2.24) is 15.5 Å². The molecule has 0 bridgehead atoms. The molecule has 0 aliphatic heterocycles. The van der Waals surface area contributed by atoms with E-state index in [1.807, 2.05) is 53.7 Å². The normalized spacial score (nSPS) is 11.2. The van der Waals surface area contributed by atoms with Crippen LogP contribution >= 0.6 is 23.1 Å². The summed E-state index contributed by atoms with van der Waals surface area (Å²) in [5, 5.41) is 17.6. The van der Waals surface area contributed by atoms with Crippen LogP contribution in [0.5, 0.6) is 0 Å². The van der Waals surface area contributed by atoms with Gasteiger partial charge in [0.1, 0.15) is 0 Å². The van der Waals surface area contributed by atoms with Gasteiger partial charge in [0, 0.05) is 11.2 Å². The maximum Gasteiger partial charge on any atom is 0.243 e. The minimum absolute atomic E-state index is 0.0703. The van der Waals surface area contributed by atoms with Crippen LogP contribution < -0.4 is 16.0 Å². The van der Waals surface area contributed by atoms with Crippen molar-refractivity contribution in [2.45, 2.75) is 51.4 Å². The smallest absolute Gasteiger partial charge is 0.243 e. The van der Waals surface area contributed by atoms with E-state index in [4.69, 9.17) is 0 Å². The molecule has 0 unspecified atom stereocenters. The SMILES string of the molecule is Cc1cc(C)c(NC(=O)CNC(=O)CSc2nnc(NC(C)(C)C)s2)c(C)c1. The van der Waals surface area contributed by atoms with Gasteiger partial charge in [-0.2, -0.15) is 0 Å². The Hall–Kier alpha value is -2.13. The van der Waals surface area contributed by atoms with Gasteiger partial charge < -0.3 is 16.0 Å². The van der Waals surface area contributed by atoms with Gasteiger partial charge >= 0.3 is 0 Å². The molecule has 3 N–H and O–H groups in total. The second-order valence-corrected chi connectivity index (χ2v) is 9.84. The summed E-state index contributed by atoms with van der Waals surface area (Å²) in [4.78, 5) is 24.2. The van der Waals surface area contributed by atoms with E-state index in [0.29, 0.717) is 4.34 Å². The van der Waals surface area contributed by atoms with Gasteiger partial charge in [0.05, 0.1) is 12.3 Å². The van der Waals surface area contributed by atoms with Crippen molar-refractivity contribution >= 4 is 45.7 Å². The number of amides is 2. The third-order valence-electron chi connectivity index (χ3n) is 3.60. The molecule has 152 valence electrons. The van der Waals surface area contributed by atoms with Crippen molar-refractivity contribution in [3.05, 3.63) is 28.8 Å². The molecule has 9 heteroatoms. The van der Waals surface area contributed by atoms with Crippen LogP contribution in [0.25, 0.3) is 0 Å². The molecular weight excluding hydrogens is 394 g/mol. The Kier molecular flexibility index (Phi) is 7.42. The first kappa shape index (κ1) is 22.2. The Morgan fingerprint density at radius 1 is 1.07 bits per heavy atom. The molecule has 0 saturated carbocycles. The Morgan fingerprint density at radius 3 is 2.32 bits per heavy atom. The third-order valence-corrected chi connectivity index (χ3v) is 5.57. The number of anilines is 2. The van der Waals surface area contributed by atoms with Gasteiger partial charge in [0.15, 0.2) is 4.34 Å². The molecule has 0 radical (unpaired) electrons. The first-order valence-corrected chi connectivity index (χ1v) is 10.7. The molecule has 1 aromatic carbocycles. The van der Waals surface area contributed by atoms with E-state index in [1.54, 1.807) is 0 Å². The number of nitrogens with zero attached hydrogens (tertiary/aromatic N) is 2.